The van der Waals surface area contributed by atoms with Gasteiger partial charge in [0.15, 0.2) is 0 Å². The van der Waals surface area contributed by atoms with Gasteiger partial charge in [0, 0.05) is 0 Å². The summed E-state index contributed by atoms with van der Waals surface area (Å²) in [6, 6.07) is 0. The van der Waals surface area contributed by atoms with Gasteiger partial charge in [0.2, 0.25) is 4.75 Å². The van der Waals surface area contributed by atoms with Crippen LogP contribution in [-0.2, 0) is 19.7 Å². The van der Waals surface area contributed by atoms with Gasteiger partial charge in [-0.3, -0.25) is 14.1 Å². The summed E-state index contributed by atoms with van der Waals surface area (Å²) < 4.78 is 29.8. The third-order valence-electron chi connectivity index (χ3n) is 3.54. The fraction of sp³-hybridized carbons (Fsp3) is 0.833. The van der Waals surface area contributed by atoms with Gasteiger partial charge in [-0.05, 0) is 12.3 Å². The van der Waals surface area contributed by atoms with Crippen LogP contribution in [0.15, 0.2) is 0 Å². The minimum atomic E-state index is -5.05. The van der Waals surface area contributed by atoms with Crippen LogP contribution in [0.2, 0.25) is 0 Å². The Balaban J connectivity index is 0. The molecular formula is C12H23NaO7S. The van der Waals surface area contributed by atoms with E-state index in [2.05, 4.69) is 0 Å². The van der Waals surface area contributed by atoms with Gasteiger partial charge >= 0.3 is 41.5 Å². The quantitative estimate of drug-likeness (QED) is 0.310. The molecule has 7 nitrogen and oxygen atoms in total. The predicted octanol–water partition coefficient (Wildman–Crippen LogP) is 1.13. The van der Waals surface area contributed by atoms with Gasteiger partial charge in [-0.25, -0.2) is 0 Å². The maximum absolute atomic E-state index is 11.6. The number of hydrogen-bond acceptors (Lipinski definition) is 4. The van der Waals surface area contributed by atoms with Crippen molar-refractivity contribution < 1.29 is 32.8 Å². The molecule has 0 bridgehead atoms. The molecule has 21 heavy (non-hydrogen) atoms. The average molecular weight is 334 g/mol. The maximum atomic E-state index is 11.6. The Kier molecular flexibility index (Phi) is 10.8. The van der Waals surface area contributed by atoms with E-state index in [1.165, 1.54) is 0 Å². The zero-order chi connectivity index (χ0) is 16.0. The van der Waals surface area contributed by atoms with E-state index in [0.29, 0.717) is 6.42 Å². The molecule has 120 valence electrons. The zero-order valence-electron chi connectivity index (χ0n) is 11.7. The molecule has 2 atom stereocenters. The Bertz CT molecular complexity index is 449. The second-order valence-electron chi connectivity index (χ2n) is 4.84. The number of carboxylic acids is 2. The zero-order valence-corrected chi connectivity index (χ0v) is 12.5. The molecule has 0 rings (SSSR count). The topological polar surface area (TPSA) is 129 Å². The van der Waals surface area contributed by atoms with Crippen molar-refractivity contribution in [1.29, 1.82) is 0 Å². The SMILES string of the molecule is CCCCCC(CC)C(CC(=O)O)(C(=O)O)S(=O)(=O)O.[NaH]. The molecule has 0 aromatic rings. The Morgan fingerprint density at radius 2 is 1.67 bits per heavy atom. The summed E-state index contributed by atoms with van der Waals surface area (Å²) in [5, 5.41) is 18.1. The molecular weight excluding hydrogens is 311 g/mol. The Hall–Kier alpha value is -0.150. The van der Waals surface area contributed by atoms with Gasteiger partial charge in [0.25, 0.3) is 10.1 Å². The molecule has 0 aliphatic rings. The van der Waals surface area contributed by atoms with Crippen molar-refractivity contribution in [2.45, 2.75) is 57.1 Å². The second kappa shape index (κ2) is 9.78. The van der Waals surface area contributed by atoms with Crippen LogP contribution < -0.4 is 0 Å². The van der Waals surface area contributed by atoms with Crippen molar-refractivity contribution in [3.8, 4) is 0 Å². The molecule has 0 fully saturated rings. The van der Waals surface area contributed by atoms with E-state index in [4.69, 9.17) is 5.11 Å². The molecule has 0 amide bonds. The van der Waals surface area contributed by atoms with E-state index in [9.17, 15) is 27.7 Å². The fourth-order valence-corrected chi connectivity index (χ4v) is 3.67. The van der Waals surface area contributed by atoms with Gasteiger partial charge < -0.3 is 10.2 Å². The van der Waals surface area contributed by atoms with Crippen molar-refractivity contribution in [3.63, 3.8) is 0 Å². The van der Waals surface area contributed by atoms with Crippen LogP contribution in [-0.4, -0.2) is 69.4 Å². The van der Waals surface area contributed by atoms with Gasteiger partial charge in [-0.2, -0.15) is 8.42 Å². The summed E-state index contributed by atoms with van der Waals surface area (Å²) in [5.41, 5.74) is 0. The Morgan fingerprint density at radius 3 is 1.95 bits per heavy atom. The van der Waals surface area contributed by atoms with Gasteiger partial charge in [0.1, 0.15) is 0 Å². The molecule has 0 saturated heterocycles. The summed E-state index contributed by atoms with van der Waals surface area (Å²) in [4.78, 5) is 22.3. The molecule has 0 aromatic heterocycles. The first-order chi connectivity index (χ1) is 9.13. The van der Waals surface area contributed by atoms with Crippen molar-refractivity contribution in [1.82, 2.24) is 0 Å². The third kappa shape index (κ3) is 5.86. The van der Waals surface area contributed by atoms with Crippen LogP contribution in [0.5, 0.6) is 0 Å². The average Bonchev–Trinajstić information content (AvgIpc) is 2.30. The first kappa shape index (κ1) is 23.1. The first-order valence-electron chi connectivity index (χ1n) is 6.55. The molecule has 0 aliphatic heterocycles. The summed E-state index contributed by atoms with van der Waals surface area (Å²) in [7, 11) is -5.05. The fourth-order valence-electron chi connectivity index (χ4n) is 2.44. The van der Waals surface area contributed by atoms with Crippen molar-refractivity contribution in [2.24, 2.45) is 5.92 Å². The predicted molar refractivity (Wildman–Crippen MR) is 79.2 cm³/mol. The number of unbranched alkanes of at least 4 members (excludes halogenated alkanes) is 2. The molecule has 0 aliphatic carbocycles. The van der Waals surface area contributed by atoms with Crippen LogP contribution in [0.25, 0.3) is 0 Å². The van der Waals surface area contributed by atoms with E-state index in [1.807, 2.05) is 6.92 Å². The van der Waals surface area contributed by atoms with Crippen molar-refractivity contribution in [3.05, 3.63) is 0 Å². The number of aliphatic carboxylic acids is 2. The summed E-state index contributed by atoms with van der Waals surface area (Å²) >= 11 is 0. The van der Waals surface area contributed by atoms with Crippen LogP contribution in [0, 0.1) is 5.92 Å². The summed E-state index contributed by atoms with van der Waals surface area (Å²) in [6.07, 6.45) is 1.48. The number of rotatable bonds is 10. The normalized spacial score (nSPS) is 15.6. The monoisotopic (exact) mass is 334 g/mol. The summed E-state index contributed by atoms with van der Waals surface area (Å²) in [5.74, 6) is -4.33. The minimum absolute atomic E-state index is 0. The van der Waals surface area contributed by atoms with E-state index in [1.54, 1.807) is 6.92 Å². The molecule has 0 heterocycles. The Labute approximate surface area is 147 Å². The number of hydrogen-bond donors (Lipinski definition) is 3. The number of carbonyl (C=O) groups is 2. The third-order valence-corrected chi connectivity index (χ3v) is 5.12. The van der Waals surface area contributed by atoms with E-state index in [-0.39, 0.29) is 42.4 Å². The first-order valence-corrected chi connectivity index (χ1v) is 7.99. The van der Waals surface area contributed by atoms with Gasteiger partial charge in [0.05, 0.1) is 6.42 Å². The number of carboxylic acid groups (broad SMARTS) is 2. The summed E-state index contributed by atoms with van der Waals surface area (Å²) in [6.45, 7) is 3.52. The molecule has 0 radical (unpaired) electrons. The molecule has 0 saturated carbocycles. The van der Waals surface area contributed by atoms with Crippen molar-refractivity contribution >= 4 is 51.6 Å². The molecule has 3 N–H and O–H groups in total. The second-order valence-corrected chi connectivity index (χ2v) is 6.52. The van der Waals surface area contributed by atoms with Gasteiger partial charge in [-0.15, -0.1) is 0 Å². The molecule has 0 aromatic carbocycles. The van der Waals surface area contributed by atoms with Crippen molar-refractivity contribution in [2.75, 3.05) is 0 Å². The van der Waals surface area contributed by atoms with Crippen LogP contribution >= 0.6 is 0 Å². The van der Waals surface area contributed by atoms with Gasteiger partial charge in [-0.1, -0.05) is 39.5 Å². The molecule has 9 heteroatoms. The Morgan fingerprint density at radius 1 is 1.14 bits per heavy atom. The van der Waals surface area contributed by atoms with Crippen LogP contribution in [0.4, 0.5) is 0 Å². The standard InChI is InChI=1S/C12H22O7S.Na.H/c1-3-5-6-7-9(4-2)12(11(15)16,8-10(13)14)20(17,18)19;;/h9H,3-8H2,1-2H3,(H,13,14)(H,15,16)(H,17,18,19);;. The molecule has 0 spiro atoms. The van der Waals surface area contributed by atoms with E-state index in [0.717, 1.165) is 12.8 Å². The van der Waals surface area contributed by atoms with E-state index < -0.39 is 39.1 Å². The van der Waals surface area contributed by atoms with Crippen LogP contribution in [0.3, 0.4) is 0 Å². The van der Waals surface area contributed by atoms with Crippen LogP contribution in [0.1, 0.15) is 52.4 Å². The van der Waals surface area contributed by atoms with E-state index >= 15 is 0 Å². The molecule has 2 unspecified atom stereocenters.